The fourth-order valence-electron chi connectivity index (χ4n) is 2.72. The topological polar surface area (TPSA) is 30.3 Å². The number of halogens is 1. The highest BCUT2D eigenvalue weighted by molar-refractivity contribution is 6.30. The van der Waals surface area contributed by atoms with E-state index in [-0.39, 0.29) is 6.10 Å². The second-order valence-corrected chi connectivity index (χ2v) is 6.11. The maximum Gasteiger partial charge on any atom is 0.0953 e. The number of nitrogens with zero attached hydrogens (tertiary/aromatic N) is 3. The average molecular weight is 306 g/mol. The van der Waals surface area contributed by atoms with Crippen LogP contribution in [0.2, 0.25) is 5.02 Å². The zero-order chi connectivity index (χ0) is 14.8. The quantitative estimate of drug-likeness (QED) is 0.873. The molecule has 0 aliphatic carbocycles. The first-order valence-electron chi connectivity index (χ1n) is 7.20. The van der Waals surface area contributed by atoms with Crippen LogP contribution in [-0.2, 0) is 18.3 Å². The third-order valence-electron chi connectivity index (χ3n) is 3.93. The third kappa shape index (κ3) is 3.46. The van der Waals surface area contributed by atoms with Gasteiger partial charge in [0.15, 0.2) is 0 Å². The van der Waals surface area contributed by atoms with E-state index in [0.717, 1.165) is 30.3 Å². The van der Waals surface area contributed by atoms with Crippen LogP contribution in [0.15, 0.2) is 36.7 Å². The molecule has 1 aromatic carbocycles. The van der Waals surface area contributed by atoms with Gasteiger partial charge in [0, 0.05) is 43.0 Å². The number of hydrogen-bond donors (Lipinski definition) is 0. The molecule has 1 aromatic heterocycles. The molecule has 1 fully saturated rings. The van der Waals surface area contributed by atoms with Gasteiger partial charge in [0.2, 0.25) is 0 Å². The molecule has 0 N–H and O–H groups in total. The Bertz CT molecular complexity index is 613. The van der Waals surface area contributed by atoms with Crippen molar-refractivity contribution in [1.29, 1.82) is 0 Å². The summed E-state index contributed by atoms with van der Waals surface area (Å²) < 4.78 is 7.83. The van der Waals surface area contributed by atoms with E-state index in [1.807, 2.05) is 36.1 Å². The van der Waals surface area contributed by atoms with E-state index < -0.39 is 0 Å². The van der Waals surface area contributed by atoms with Crippen LogP contribution in [0.4, 0.5) is 0 Å². The summed E-state index contributed by atoms with van der Waals surface area (Å²) in [5, 5.41) is 5.00. The fourth-order valence-corrected chi connectivity index (χ4v) is 2.92. The summed E-state index contributed by atoms with van der Waals surface area (Å²) in [6.07, 6.45) is 4.07. The van der Waals surface area contributed by atoms with Crippen molar-refractivity contribution in [2.75, 3.05) is 13.2 Å². The van der Waals surface area contributed by atoms with Gasteiger partial charge in [0.25, 0.3) is 0 Å². The lowest BCUT2D eigenvalue weighted by molar-refractivity contribution is -0.0633. The van der Waals surface area contributed by atoms with Crippen molar-refractivity contribution in [3.05, 3.63) is 52.8 Å². The Morgan fingerprint density at radius 1 is 1.43 bits per heavy atom. The van der Waals surface area contributed by atoms with Gasteiger partial charge < -0.3 is 4.74 Å². The maximum absolute atomic E-state index is 6.08. The zero-order valence-electron chi connectivity index (χ0n) is 12.4. The molecule has 1 aliphatic heterocycles. The first kappa shape index (κ1) is 14.6. The molecule has 1 saturated heterocycles. The van der Waals surface area contributed by atoms with E-state index in [1.165, 1.54) is 5.56 Å². The van der Waals surface area contributed by atoms with Gasteiger partial charge in [-0.25, -0.2) is 0 Å². The molecule has 0 radical (unpaired) electrons. The molecule has 2 aromatic rings. The number of benzene rings is 1. The predicted molar refractivity (Wildman–Crippen MR) is 83.2 cm³/mol. The SMILES string of the molecule is CC1COC(c2cccc(Cl)c2)CN1Cc1cnn(C)c1. The molecule has 4 nitrogen and oxygen atoms in total. The first-order valence-corrected chi connectivity index (χ1v) is 7.58. The Kier molecular flexibility index (Phi) is 4.29. The van der Waals surface area contributed by atoms with Crippen molar-refractivity contribution in [2.45, 2.75) is 25.6 Å². The van der Waals surface area contributed by atoms with Crippen molar-refractivity contribution in [3.8, 4) is 0 Å². The molecule has 3 rings (SSSR count). The van der Waals surface area contributed by atoms with Crippen LogP contribution >= 0.6 is 11.6 Å². The maximum atomic E-state index is 6.08. The second-order valence-electron chi connectivity index (χ2n) is 5.68. The number of ether oxygens (including phenoxy) is 1. The van der Waals surface area contributed by atoms with Gasteiger partial charge in [-0.1, -0.05) is 23.7 Å². The molecule has 2 heterocycles. The van der Waals surface area contributed by atoms with E-state index >= 15 is 0 Å². The first-order chi connectivity index (χ1) is 10.1. The molecule has 2 unspecified atom stereocenters. The molecule has 0 saturated carbocycles. The number of aromatic nitrogens is 2. The summed E-state index contributed by atoms with van der Waals surface area (Å²) in [6.45, 7) is 4.70. The number of morpholine rings is 1. The Morgan fingerprint density at radius 2 is 2.29 bits per heavy atom. The highest BCUT2D eigenvalue weighted by atomic mass is 35.5. The lowest BCUT2D eigenvalue weighted by Crippen LogP contribution is -2.44. The highest BCUT2D eigenvalue weighted by Gasteiger charge is 2.27. The van der Waals surface area contributed by atoms with E-state index in [4.69, 9.17) is 16.3 Å². The van der Waals surface area contributed by atoms with Gasteiger partial charge >= 0.3 is 0 Å². The summed E-state index contributed by atoms with van der Waals surface area (Å²) in [4.78, 5) is 2.44. The van der Waals surface area contributed by atoms with Gasteiger partial charge in [-0.3, -0.25) is 9.58 Å². The Labute approximate surface area is 130 Å². The minimum atomic E-state index is 0.0802. The Hall–Kier alpha value is -1.36. The van der Waals surface area contributed by atoms with Gasteiger partial charge in [0.1, 0.15) is 0 Å². The average Bonchev–Trinajstić information content (AvgIpc) is 2.87. The van der Waals surface area contributed by atoms with Crippen molar-refractivity contribution in [1.82, 2.24) is 14.7 Å². The molecule has 0 bridgehead atoms. The monoisotopic (exact) mass is 305 g/mol. The van der Waals surface area contributed by atoms with Crippen LogP contribution in [-0.4, -0.2) is 33.9 Å². The number of hydrogen-bond acceptors (Lipinski definition) is 3. The van der Waals surface area contributed by atoms with Crippen molar-refractivity contribution in [2.24, 2.45) is 7.05 Å². The smallest absolute Gasteiger partial charge is 0.0953 e. The van der Waals surface area contributed by atoms with E-state index in [0.29, 0.717) is 6.04 Å². The minimum Gasteiger partial charge on any atom is -0.371 e. The van der Waals surface area contributed by atoms with Gasteiger partial charge in [-0.2, -0.15) is 5.10 Å². The van der Waals surface area contributed by atoms with Crippen molar-refractivity contribution in [3.63, 3.8) is 0 Å². The molecule has 5 heteroatoms. The summed E-state index contributed by atoms with van der Waals surface area (Å²) >= 11 is 6.08. The standard InChI is InChI=1S/C16H20ClN3O/c1-12-11-21-16(14-4-3-5-15(17)6-14)10-20(12)9-13-7-18-19(2)8-13/h3-8,12,16H,9-11H2,1-2H3. The fraction of sp³-hybridized carbons (Fsp3) is 0.438. The zero-order valence-corrected chi connectivity index (χ0v) is 13.1. The van der Waals surface area contributed by atoms with Gasteiger partial charge in [0.05, 0.1) is 18.9 Å². The molecular formula is C16H20ClN3O. The van der Waals surface area contributed by atoms with Crippen molar-refractivity contribution >= 4 is 11.6 Å². The van der Waals surface area contributed by atoms with Crippen LogP contribution in [0.25, 0.3) is 0 Å². The van der Waals surface area contributed by atoms with E-state index in [2.05, 4.69) is 29.2 Å². The number of aryl methyl sites for hydroxylation is 1. The summed E-state index contributed by atoms with van der Waals surface area (Å²) in [6, 6.07) is 8.34. The third-order valence-corrected chi connectivity index (χ3v) is 4.16. The Morgan fingerprint density at radius 3 is 3.00 bits per heavy atom. The van der Waals surface area contributed by atoms with Gasteiger partial charge in [-0.05, 0) is 24.6 Å². The molecular weight excluding hydrogens is 286 g/mol. The molecule has 0 spiro atoms. The summed E-state index contributed by atoms with van der Waals surface area (Å²) in [5.74, 6) is 0. The normalized spacial score (nSPS) is 23.4. The van der Waals surface area contributed by atoms with Crippen molar-refractivity contribution < 1.29 is 4.74 Å². The molecule has 21 heavy (non-hydrogen) atoms. The lowest BCUT2D eigenvalue weighted by Gasteiger charge is -2.38. The number of rotatable bonds is 3. The summed E-state index contributed by atoms with van der Waals surface area (Å²) in [5.41, 5.74) is 2.38. The van der Waals surface area contributed by atoms with E-state index in [9.17, 15) is 0 Å². The van der Waals surface area contributed by atoms with Crippen LogP contribution in [0.1, 0.15) is 24.2 Å². The molecule has 112 valence electrons. The Balaban J connectivity index is 1.72. The predicted octanol–water partition coefficient (Wildman–Crippen LogP) is 3.04. The summed E-state index contributed by atoms with van der Waals surface area (Å²) in [7, 11) is 1.95. The molecule has 2 atom stereocenters. The van der Waals surface area contributed by atoms with Gasteiger partial charge in [-0.15, -0.1) is 0 Å². The van der Waals surface area contributed by atoms with Crippen LogP contribution < -0.4 is 0 Å². The molecule has 1 aliphatic rings. The highest BCUT2D eigenvalue weighted by Crippen LogP contribution is 2.27. The van der Waals surface area contributed by atoms with Crippen LogP contribution in [0.5, 0.6) is 0 Å². The van der Waals surface area contributed by atoms with Crippen LogP contribution in [0.3, 0.4) is 0 Å². The van der Waals surface area contributed by atoms with E-state index in [1.54, 1.807) is 0 Å². The lowest BCUT2D eigenvalue weighted by atomic mass is 10.1. The second kappa shape index (κ2) is 6.18. The minimum absolute atomic E-state index is 0.0802. The van der Waals surface area contributed by atoms with Crippen LogP contribution in [0, 0.1) is 0 Å². The largest absolute Gasteiger partial charge is 0.371 e. The molecule has 0 amide bonds.